The van der Waals surface area contributed by atoms with Crippen molar-refractivity contribution in [3.63, 3.8) is 0 Å². The van der Waals surface area contributed by atoms with Crippen LogP contribution >= 0.6 is 39.5 Å². The Labute approximate surface area is 189 Å². The molecule has 1 fully saturated rings. The summed E-state index contributed by atoms with van der Waals surface area (Å²) >= 11 is 7.61. The van der Waals surface area contributed by atoms with E-state index in [2.05, 4.69) is 106 Å². The maximum absolute atomic E-state index is 3.80. The van der Waals surface area contributed by atoms with Gasteiger partial charge in [-0.05, 0) is 64.1 Å². The van der Waals surface area contributed by atoms with Crippen molar-refractivity contribution >= 4 is 39.5 Å². The molecule has 1 aromatic rings. The van der Waals surface area contributed by atoms with Crippen LogP contribution in [0.4, 0.5) is 0 Å². The number of hydrogen-bond acceptors (Lipinski definition) is 2. The van der Waals surface area contributed by atoms with Crippen molar-refractivity contribution < 1.29 is 0 Å². The van der Waals surface area contributed by atoms with E-state index < -0.39 is 0 Å². The van der Waals surface area contributed by atoms with E-state index in [1.165, 1.54) is 12.0 Å². The number of hydrogen-bond donors (Lipinski definition) is 0. The van der Waals surface area contributed by atoms with Crippen molar-refractivity contribution in [1.82, 2.24) is 0 Å². The molecule has 3 heteroatoms. The van der Waals surface area contributed by atoms with E-state index in [1.54, 1.807) is 0 Å². The van der Waals surface area contributed by atoms with E-state index in [9.17, 15) is 0 Å². The van der Waals surface area contributed by atoms with Crippen LogP contribution in [0.5, 0.6) is 0 Å². The van der Waals surface area contributed by atoms with Gasteiger partial charge in [0.25, 0.3) is 0 Å². The van der Waals surface area contributed by atoms with Gasteiger partial charge in [0.1, 0.15) is 0 Å². The summed E-state index contributed by atoms with van der Waals surface area (Å²) in [4.78, 5) is 0. The van der Waals surface area contributed by atoms with Crippen LogP contribution < -0.4 is 0 Å². The quantitative estimate of drug-likeness (QED) is 0.413. The van der Waals surface area contributed by atoms with Crippen LogP contribution in [0.3, 0.4) is 0 Å². The summed E-state index contributed by atoms with van der Waals surface area (Å²) < 4.78 is 1.41. The summed E-state index contributed by atoms with van der Waals surface area (Å²) in [5.74, 6) is 14.5. The van der Waals surface area contributed by atoms with Gasteiger partial charge in [-0.15, -0.1) is 23.5 Å². The van der Waals surface area contributed by atoms with Crippen LogP contribution in [0.1, 0.15) is 78.0 Å². The number of benzene rings is 1. The second-order valence-electron chi connectivity index (χ2n) is 9.60. The van der Waals surface area contributed by atoms with Crippen LogP contribution in [-0.2, 0) is 5.41 Å². The van der Waals surface area contributed by atoms with E-state index >= 15 is 0 Å². The molecule has 1 aliphatic rings. The zero-order valence-corrected chi connectivity index (χ0v) is 21.7. The Morgan fingerprint density at radius 2 is 1.79 bits per heavy atom. The molecule has 0 amide bonds. The molecule has 0 nitrogen and oxygen atoms in total. The van der Waals surface area contributed by atoms with Gasteiger partial charge in [0.2, 0.25) is 0 Å². The van der Waals surface area contributed by atoms with Gasteiger partial charge in [-0.2, -0.15) is 0 Å². The molecule has 0 bridgehead atoms. The predicted octanol–water partition coefficient (Wildman–Crippen LogP) is 7.51. The third kappa shape index (κ3) is 6.79. The third-order valence-corrected chi connectivity index (χ3v) is 7.89. The van der Waals surface area contributed by atoms with E-state index in [1.807, 2.05) is 23.5 Å². The van der Waals surface area contributed by atoms with Crippen LogP contribution in [0, 0.1) is 29.6 Å². The van der Waals surface area contributed by atoms with Crippen LogP contribution in [0.2, 0.25) is 0 Å². The minimum Gasteiger partial charge on any atom is -0.149 e. The topological polar surface area (TPSA) is 0 Å². The molecule has 28 heavy (non-hydrogen) atoms. The van der Waals surface area contributed by atoms with Crippen LogP contribution in [0.25, 0.3) is 0 Å². The van der Waals surface area contributed by atoms with Crippen molar-refractivity contribution in [2.45, 2.75) is 82.0 Å². The highest BCUT2D eigenvalue weighted by Gasteiger charge is 2.35. The summed E-state index contributed by atoms with van der Waals surface area (Å²) in [5.41, 5.74) is 3.47. The molecule has 2 unspecified atom stereocenters. The van der Waals surface area contributed by atoms with E-state index in [0.29, 0.717) is 21.2 Å². The van der Waals surface area contributed by atoms with E-state index in [0.717, 1.165) is 22.0 Å². The summed E-state index contributed by atoms with van der Waals surface area (Å²) in [7, 11) is 0. The fraction of sp³-hybridized carbons (Fsp3) is 0.600. The average molecular weight is 478 g/mol. The van der Waals surface area contributed by atoms with Crippen LogP contribution in [0.15, 0.2) is 16.6 Å². The lowest BCUT2D eigenvalue weighted by Crippen LogP contribution is -2.34. The van der Waals surface area contributed by atoms with Crippen molar-refractivity contribution in [2.75, 3.05) is 6.26 Å². The fourth-order valence-electron chi connectivity index (χ4n) is 3.10. The van der Waals surface area contributed by atoms with E-state index in [4.69, 9.17) is 0 Å². The second-order valence-corrected chi connectivity index (χ2v) is 13.3. The third-order valence-electron chi connectivity index (χ3n) is 4.78. The van der Waals surface area contributed by atoms with Crippen molar-refractivity contribution in [3.8, 4) is 23.7 Å². The average Bonchev–Trinajstić information content (AvgIpc) is 2.55. The lowest BCUT2D eigenvalue weighted by molar-refractivity contribution is 0.589. The Morgan fingerprint density at radius 1 is 1.21 bits per heavy atom. The molecule has 0 saturated carbocycles. The van der Waals surface area contributed by atoms with Gasteiger partial charge in [0, 0.05) is 20.3 Å². The highest BCUT2D eigenvalue weighted by molar-refractivity contribution is 9.10. The largest absolute Gasteiger partial charge is 0.149 e. The highest BCUT2D eigenvalue weighted by atomic mass is 79.9. The Hall–Kier alpha value is -0.480. The second kappa shape index (κ2) is 9.55. The standard InChI is InChI=1S/C25H33BrS2/c1-17(2)13-21(27-8)11-9-18-14-20(24(3,4)5)15-19(23(18)26)10-12-22-16-25(6,7)28-22/h14-15,17,21-22H,13,16H2,1-8H3. The lowest BCUT2D eigenvalue weighted by Gasteiger charge is -2.38. The zero-order chi connectivity index (χ0) is 21.1. The molecule has 0 aliphatic carbocycles. The van der Waals surface area contributed by atoms with Gasteiger partial charge in [0.15, 0.2) is 0 Å². The molecule has 0 aromatic heterocycles. The van der Waals surface area contributed by atoms with Gasteiger partial charge in [0.05, 0.1) is 10.5 Å². The Morgan fingerprint density at radius 3 is 2.25 bits per heavy atom. The molecule has 0 radical (unpaired) electrons. The fourth-order valence-corrected chi connectivity index (χ4v) is 5.64. The molecular formula is C25H33BrS2. The summed E-state index contributed by atoms with van der Waals surface area (Å²) in [6, 6.07) is 4.47. The Kier molecular flexibility index (Phi) is 8.12. The first-order valence-corrected chi connectivity index (χ1v) is 12.9. The van der Waals surface area contributed by atoms with Gasteiger partial charge in [-0.25, -0.2) is 0 Å². The molecule has 152 valence electrons. The summed E-state index contributed by atoms with van der Waals surface area (Å²) in [6.45, 7) is 15.8. The van der Waals surface area contributed by atoms with Crippen molar-refractivity contribution in [1.29, 1.82) is 0 Å². The molecule has 2 rings (SSSR count). The first kappa shape index (κ1) is 23.8. The molecule has 0 N–H and O–H groups in total. The molecule has 2 atom stereocenters. The first-order valence-electron chi connectivity index (χ1n) is 9.99. The Balaban J connectivity index is 2.39. The number of rotatable bonds is 3. The number of halogens is 1. The smallest absolute Gasteiger partial charge is 0.0679 e. The minimum absolute atomic E-state index is 0.0671. The van der Waals surface area contributed by atoms with Crippen molar-refractivity contribution in [2.24, 2.45) is 5.92 Å². The molecule has 1 aliphatic heterocycles. The normalized spacial score (nSPS) is 19.1. The first-order chi connectivity index (χ1) is 12.9. The summed E-state index contributed by atoms with van der Waals surface area (Å²) in [5, 5.41) is 0.815. The van der Waals surface area contributed by atoms with Gasteiger partial charge in [-0.3, -0.25) is 0 Å². The molecule has 1 saturated heterocycles. The van der Waals surface area contributed by atoms with Gasteiger partial charge >= 0.3 is 0 Å². The van der Waals surface area contributed by atoms with Gasteiger partial charge in [-0.1, -0.05) is 72.1 Å². The summed E-state index contributed by atoms with van der Waals surface area (Å²) in [6.07, 6.45) is 4.43. The van der Waals surface area contributed by atoms with Gasteiger partial charge < -0.3 is 0 Å². The molecular weight excluding hydrogens is 444 g/mol. The minimum atomic E-state index is 0.0671. The zero-order valence-electron chi connectivity index (χ0n) is 18.5. The number of thioether (sulfide) groups is 2. The molecule has 1 aromatic carbocycles. The van der Waals surface area contributed by atoms with Crippen LogP contribution in [-0.4, -0.2) is 21.5 Å². The molecule has 1 heterocycles. The van der Waals surface area contributed by atoms with E-state index in [-0.39, 0.29) is 5.41 Å². The monoisotopic (exact) mass is 476 g/mol. The highest BCUT2D eigenvalue weighted by Crippen LogP contribution is 2.46. The maximum Gasteiger partial charge on any atom is 0.0679 e. The SMILES string of the molecule is CSC(C#Cc1cc(C(C)(C)C)cc(C#CC2CC(C)(C)S2)c1Br)CC(C)C. The maximum atomic E-state index is 3.80. The predicted molar refractivity (Wildman–Crippen MR) is 133 cm³/mol. The molecule has 0 spiro atoms. The Bertz CT molecular complexity index is 814. The lowest BCUT2D eigenvalue weighted by atomic mass is 9.85. The van der Waals surface area contributed by atoms with Crippen molar-refractivity contribution in [3.05, 3.63) is 33.3 Å².